The molecule has 0 rings (SSSR count). The molecule has 0 aliphatic rings. The maximum Gasteiger partial charge on any atom is 2.00 e. The van der Waals surface area contributed by atoms with E-state index in [1.54, 1.807) is 12.2 Å². The number of carbonyl (C=O) groups is 4. The summed E-state index contributed by atoms with van der Waals surface area (Å²) in [5, 5.41) is 41.8. The quantitative estimate of drug-likeness (QED) is 0.133. The molecule has 0 radical (unpaired) electrons. The van der Waals surface area contributed by atoms with Crippen molar-refractivity contribution in [3.63, 3.8) is 0 Å². The predicted octanol–water partition coefficient (Wildman–Crippen LogP) is -6.42. The minimum atomic E-state index is -2.74. The van der Waals surface area contributed by atoms with E-state index in [2.05, 4.69) is 0 Å². The van der Waals surface area contributed by atoms with Crippen LogP contribution in [-0.4, -0.2) is 78.1 Å². The van der Waals surface area contributed by atoms with Gasteiger partial charge in [0.1, 0.15) is 0 Å². The molecule has 134 valence electrons. The van der Waals surface area contributed by atoms with Crippen molar-refractivity contribution in [1.82, 2.24) is 0 Å². The van der Waals surface area contributed by atoms with Crippen molar-refractivity contribution in [1.29, 1.82) is 0 Å². The van der Waals surface area contributed by atoms with Gasteiger partial charge in [0.2, 0.25) is 0 Å². The van der Waals surface area contributed by atoms with Crippen molar-refractivity contribution in [2.24, 2.45) is 0 Å². The maximum absolute atomic E-state index is 10.3. The Labute approximate surface area is 174 Å². The third-order valence-corrected chi connectivity index (χ3v) is 1.83. The Bertz CT molecular complexity index is 447. The third kappa shape index (κ3) is 21.0. The molecule has 0 amide bonds. The predicted molar refractivity (Wildman–Crippen MR) is 74.4 cm³/mol. The number of hydrogen-bond acceptors (Lipinski definition) is 5. The number of hydrogen-bond donors (Lipinski definition) is 5. The number of aliphatic carboxylic acids is 4. The first-order valence-electron chi connectivity index (χ1n) is 5.46. The van der Waals surface area contributed by atoms with Crippen molar-refractivity contribution in [3.8, 4) is 0 Å². The van der Waals surface area contributed by atoms with E-state index >= 15 is 0 Å². The largest absolute Gasteiger partial charge is 2.00 e. The summed E-state index contributed by atoms with van der Waals surface area (Å²) in [7, 11) is 0. The molecular weight excluding hydrogens is 472 g/mol. The van der Waals surface area contributed by atoms with Crippen molar-refractivity contribution < 1.29 is 78.7 Å². The van der Waals surface area contributed by atoms with Crippen LogP contribution in [0.25, 0.3) is 0 Å². The van der Waals surface area contributed by atoms with Crippen molar-refractivity contribution in [2.75, 3.05) is 0 Å². The molecule has 5 N–H and O–H groups in total. The number of halogens is 2. The van der Waals surface area contributed by atoms with E-state index in [-0.39, 0.29) is 57.0 Å². The summed E-state index contributed by atoms with van der Waals surface area (Å²) in [6.45, 7) is 1.83. The van der Waals surface area contributed by atoms with E-state index in [0.29, 0.717) is 0 Å². The van der Waals surface area contributed by atoms with Gasteiger partial charge in [0.15, 0.2) is 5.60 Å². The minimum absolute atomic E-state index is 0. The second-order valence-electron chi connectivity index (χ2n) is 3.70. The van der Waals surface area contributed by atoms with E-state index in [4.69, 9.17) is 25.5 Å². The van der Waals surface area contributed by atoms with Gasteiger partial charge in [-0.2, -0.15) is 0 Å². The molecule has 0 saturated carbocycles. The molecule has 0 unspecified atom stereocenters. The summed E-state index contributed by atoms with van der Waals surface area (Å²) >= 11 is 0. The van der Waals surface area contributed by atoms with Crippen LogP contribution in [0.3, 0.4) is 0 Å². The Hall–Kier alpha value is -0.954. The number of rotatable bonds is 7. The smallest absolute Gasteiger partial charge is 1.00 e. The fourth-order valence-corrected chi connectivity index (χ4v) is 0.963. The van der Waals surface area contributed by atoms with Gasteiger partial charge in [-0.05, 0) is 6.92 Å². The van der Waals surface area contributed by atoms with Crippen LogP contribution in [0.15, 0.2) is 24.3 Å². The zero-order chi connectivity index (χ0) is 17.1. The zero-order valence-electron chi connectivity index (χ0n) is 12.6. The topological polar surface area (TPSA) is 169 Å². The molecule has 0 aromatic heterocycles. The van der Waals surface area contributed by atoms with E-state index in [0.717, 1.165) is 6.08 Å². The van der Waals surface area contributed by atoms with E-state index in [1.807, 2.05) is 6.92 Å². The van der Waals surface area contributed by atoms with Gasteiger partial charge in [-0.15, -0.1) is 0 Å². The second kappa shape index (κ2) is 18.4. The average molecular weight is 488 g/mol. The van der Waals surface area contributed by atoms with E-state index in [9.17, 15) is 19.2 Å². The van der Waals surface area contributed by atoms with Crippen LogP contribution in [0.1, 0.15) is 19.8 Å². The molecule has 9 nitrogen and oxygen atoms in total. The molecule has 0 aliphatic carbocycles. The standard InChI is InChI=1S/C6H8O7.C6H8O2.2BrH.Mg/c7-3(8)1-6(13,5(11)12)2-4(9)10;1-2-3-4-5-6(7)8;;;/h13H,1-2H2,(H,7,8)(H,9,10)(H,11,12);2-5H,1H3,(H,7,8);2*1H;/q;;;;+2/p-2/b;3-2+,5-4+;;;. The molecule has 0 fully saturated rings. The molecule has 0 bridgehead atoms. The first kappa shape index (κ1) is 34.4. The molecule has 0 spiro atoms. The summed E-state index contributed by atoms with van der Waals surface area (Å²) in [5.41, 5.74) is -2.74. The van der Waals surface area contributed by atoms with Crippen LogP contribution < -0.4 is 34.0 Å². The molecule has 12 heteroatoms. The van der Waals surface area contributed by atoms with Crippen LogP contribution in [-0.2, 0) is 19.2 Å². The molecule has 0 aliphatic heterocycles. The third-order valence-electron chi connectivity index (χ3n) is 1.83. The molecule has 0 atom stereocenters. The Morgan fingerprint density at radius 3 is 1.46 bits per heavy atom. The summed E-state index contributed by atoms with van der Waals surface area (Å²) in [4.78, 5) is 40.2. The van der Waals surface area contributed by atoms with E-state index in [1.165, 1.54) is 6.08 Å². The molecule has 24 heavy (non-hydrogen) atoms. The number of allylic oxidation sites excluding steroid dienone is 3. The van der Waals surface area contributed by atoms with Gasteiger partial charge >= 0.3 is 46.9 Å². The fraction of sp³-hybridized carbons (Fsp3) is 0.333. The van der Waals surface area contributed by atoms with Crippen molar-refractivity contribution in [3.05, 3.63) is 24.3 Å². The molecule has 0 aromatic rings. The Morgan fingerprint density at radius 2 is 1.25 bits per heavy atom. The summed E-state index contributed by atoms with van der Waals surface area (Å²) in [6, 6.07) is 0. The van der Waals surface area contributed by atoms with Crippen LogP contribution in [0.4, 0.5) is 0 Å². The van der Waals surface area contributed by atoms with Crippen molar-refractivity contribution in [2.45, 2.75) is 25.4 Å². The van der Waals surface area contributed by atoms with Gasteiger partial charge in [0.25, 0.3) is 0 Å². The van der Waals surface area contributed by atoms with Crippen LogP contribution >= 0.6 is 0 Å². The van der Waals surface area contributed by atoms with Crippen molar-refractivity contribution >= 4 is 46.9 Å². The normalized spacial score (nSPS) is 9.58. The molecule has 0 heterocycles. The summed E-state index contributed by atoms with van der Waals surface area (Å²) in [6.07, 6.45) is 3.69. The Balaban J connectivity index is -0.0000000968. The fourth-order valence-electron chi connectivity index (χ4n) is 0.963. The number of carboxylic acids is 4. The first-order chi connectivity index (χ1) is 9.55. The number of aliphatic hydroxyl groups is 1. The SMILES string of the molecule is C/C=C/C=C/C(=O)O.O=C(O)CC(O)(CC(=O)O)C(=O)O.[Br-].[Br-].[Mg+2]. The molecular formula is C12H16Br2MgO9. The molecule has 0 aromatic carbocycles. The Morgan fingerprint density at radius 1 is 0.875 bits per heavy atom. The maximum atomic E-state index is 10.3. The zero-order valence-corrected chi connectivity index (χ0v) is 17.1. The van der Waals surface area contributed by atoms with Gasteiger partial charge in [-0.25, -0.2) is 9.59 Å². The monoisotopic (exact) mass is 486 g/mol. The Kier molecular flexibility index (Phi) is 26.3. The second-order valence-corrected chi connectivity index (χ2v) is 3.70. The van der Waals surface area contributed by atoms with E-state index < -0.39 is 42.3 Å². The minimum Gasteiger partial charge on any atom is -1.00 e. The van der Waals surface area contributed by atoms with Gasteiger partial charge < -0.3 is 59.5 Å². The summed E-state index contributed by atoms with van der Waals surface area (Å²) < 4.78 is 0. The van der Waals surface area contributed by atoms with Gasteiger partial charge in [-0.3, -0.25) is 9.59 Å². The van der Waals surface area contributed by atoms with Crippen LogP contribution in [0.5, 0.6) is 0 Å². The van der Waals surface area contributed by atoms with Gasteiger partial charge in [-0.1, -0.05) is 18.2 Å². The summed E-state index contributed by atoms with van der Waals surface area (Å²) in [5.74, 6) is -5.93. The van der Waals surface area contributed by atoms with Crippen LogP contribution in [0, 0.1) is 0 Å². The van der Waals surface area contributed by atoms with Gasteiger partial charge in [0.05, 0.1) is 12.8 Å². The average Bonchev–Trinajstić information content (AvgIpc) is 2.27. The number of carboxylic acid groups (broad SMARTS) is 4. The van der Waals surface area contributed by atoms with Gasteiger partial charge in [0, 0.05) is 6.08 Å². The van der Waals surface area contributed by atoms with Crippen LogP contribution in [0.2, 0.25) is 0 Å². The first-order valence-corrected chi connectivity index (χ1v) is 5.46. The molecule has 0 saturated heterocycles.